The number of hydrogen-bond donors (Lipinski definition) is 1. The van der Waals surface area contributed by atoms with Crippen LogP contribution < -0.4 is 5.32 Å². The summed E-state index contributed by atoms with van der Waals surface area (Å²) in [5, 5.41) is 12.3. The highest BCUT2D eigenvalue weighted by Crippen LogP contribution is 2.22. The third kappa shape index (κ3) is 3.11. The van der Waals surface area contributed by atoms with Crippen LogP contribution >= 0.6 is 0 Å². The highest BCUT2D eigenvalue weighted by atomic mass is 19.1. The Kier molecular flexibility index (Phi) is 3.82. The molecular formula is C16H15FN2. The van der Waals surface area contributed by atoms with Gasteiger partial charge in [-0.2, -0.15) is 5.26 Å². The average molecular weight is 254 g/mol. The maximum Gasteiger partial charge on any atom is 0.143 e. The van der Waals surface area contributed by atoms with Crippen LogP contribution in [-0.2, 0) is 0 Å². The second-order valence-corrected chi connectivity index (χ2v) is 4.60. The van der Waals surface area contributed by atoms with Crippen LogP contribution in [0, 0.1) is 31.0 Å². The Hall–Kier alpha value is -2.34. The lowest BCUT2D eigenvalue weighted by Crippen LogP contribution is -2.10. The van der Waals surface area contributed by atoms with E-state index in [0.717, 1.165) is 16.8 Å². The van der Waals surface area contributed by atoms with Crippen LogP contribution in [0.1, 0.15) is 22.7 Å². The number of hydrogen-bond acceptors (Lipinski definition) is 2. The van der Waals surface area contributed by atoms with Crippen molar-refractivity contribution in [2.45, 2.75) is 19.9 Å². The molecule has 19 heavy (non-hydrogen) atoms. The Bertz CT molecular complexity index is 612. The van der Waals surface area contributed by atoms with E-state index in [4.69, 9.17) is 0 Å². The molecule has 0 aliphatic rings. The average Bonchev–Trinajstić information content (AvgIpc) is 2.41. The number of rotatable bonds is 3. The number of halogens is 1. The first-order chi connectivity index (χ1) is 9.10. The minimum absolute atomic E-state index is 0.364. The standard InChI is InChI=1S/C16H15FN2/c1-11-3-6-13(7-4-11)19-16(10-18)14-9-12(2)5-8-15(14)17/h3-9,16,19H,1-2H3. The van der Waals surface area contributed by atoms with Gasteiger partial charge in [0.2, 0.25) is 0 Å². The van der Waals surface area contributed by atoms with E-state index in [1.807, 2.05) is 38.1 Å². The Labute approximate surface area is 112 Å². The van der Waals surface area contributed by atoms with Crippen LogP contribution in [0.25, 0.3) is 0 Å². The van der Waals surface area contributed by atoms with Gasteiger partial charge in [-0.1, -0.05) is 35.4 Å². The molecule has 0 radical (unpaired) electrons. The smallest absolute Gasteiger partial charge is 0.143 e. The van der Waals surface area contributed by atoms with E-state index in [9.17, 15) is 9.65 Å². The Balaban J connectivity index is 2.28. The predicted octanol–water partition coefficient (Wildman–Crippen LogP) is 4.12. The lowest BCUT2D eigenvalue weighted by atomic mass is 10.0. The summed E-state index contributed by atoms with van der Waals surface area (Å²) in [5.41, 5.74) is 3.25. The topological polar surface area (TPSA) is 35.8 Å². The minimum atomic E-state index is -0.692. The molecule has 0 saturated heterocycles. The zero-order valence-electron chi connectivity index (χ0n) is 10.9. The molecule has 3 heteroatoms. The summed E-state index contributed by atoms with van der Waals surface area (Å²) in [6.45, 7) is 3.87. The van der Waals surface area contributed by atoms with Crippen LogP contribution in [0.4, 0.5) is 10.1 Å². The molecule has 2 aromatic carbocycles. The summed E-state index contributed by atoms with van der Waals surface area (Å²) >= 11 is 0. The van der Waals surface area contributed by atoms with Gasteiger partial charge in [0.15, 0.2) is 0 Å². The fourth-order valence-corrected chi connectivity index (χ4v) is 1.88. The third-order valence-corrected chi connectivity index (χ3v) is 2.95. The van der Waals surface area contributed by atoms with Crippen molar-refractivity contribution < 1.29 is 4.39 Å². The third-order valence-electron chi connectivity index (χ3n) is 2.95. The molecule has 0 saturated carbocycles. The maximum absolute atomic E-state index is 13.8. The van der Waals surface area contributed by atoms with Gasteiger partial charge in [-0.05, 0) is 32.0 Å². The molecule has 96 valence electrons. The molecule has 0 aliphatic heterocycles. The lowest BCUT2D eigenvalue weighted by Gasteiger charge is -2.14. The van der Waals surface area contributed by atoms with Gasteiger partial charge in [0.05, 0.1) is 6.07 Å². The number of aryl methyl sites for hydroxylation is 2. The van der Waals surface area contributed by atoms with Crippen molar-refractivity contribution >= 4 is 5.69 Å². The van der Waals surface area contributed by atoms with Crippen molar-refractivity contribution in [2.24, 2.45) is 0 Å². The first-order valence-corrected chi connectivity index (χ1v) is 6.09. The molecule has 0 fully saturated rings. The van der Waals surface area contributed by atoms with Crippen molar-refractivity contribution in [1.82, 2.24) is 0 Å². The number of nitriles is 1. The van der Waals surface area contributed by atoms with Gasteiger partial charge in [-0.15, -0.1) is 0 Å². The van der Waals surface area contributed by atoms with Crippen molar-refractivity contribution in [3.05, 3.63) is 65.0 Å². The molecule has 2 aromatic rings. The number of nitrogens with zero attached hydrogens (tertiary/aromatic N) is 1. The summed E-state index contributed by atoms with van der Waals surface area (Å²) in [6.07, 6.45) is 0. The molecule has 2 rings (SSSR count). The van der Waals surface area contributed by atoms with Gasteiger partial charge in [0.1, 0.15) is 11.9 Å². The van der Waals surface area contributed by atoms with Crippen LogP contribution in [0.5, 0.6) is 0 Å². The lowest BCUT2D eigenvalue weighted by molar-refractivity contribution is 0.607. The number of nitrogens with one attached hydrogen (secondary N) is 1. The Morgan fingerprint density at radius 2 is 1.68 bits per heavy atom. The van der Waals surface area contributed by atoms with Crippen molar-refractivity contribution in [3.63, 3.8) is 0 Å². The van der Waals surface area contributed by atoms with E-state index in [1.165, 1.54) is 6.07 Å². The molecular weight excluding hydrogens is 239 g/mol. The molecule has 2 nitrogen and oxygen atoms in total. The van der Waals surface area contributed by atoms with E-state index >= 15 is 0 Å². The SMILES string of the molecule is Cc1ccc(NC(C#N)c2cc(C)ccc2F)cc1. The van der Waals surface area contributed by atoms with E-state index in [2.05, 4.69) is 11.4 Å². The van der Waals surface area contributed by atoms with Gasteiger partial charge in [0.25, 0.3) is 0 Å². The monoisotopic (exact) mass is 254 g/mol. The van der Waals surface area contributed by atoms with E-state index in [0.29, 0.717) is 5.56 Å². The molecule has 0 spiro atoms. The largest absolute Gasteiger partial charge is 0.366 e. The summed E-state index contributed by atoms with van der Waals surface area (Å²) in [7, 11) is 0. The maximum atomic E-state index is 13.8. The van der Waals surface area contributed by atoms with E-state index in [1.54, 1.807) is 12.1 Å². The number of benzene rings is 2. The van der Waals surface area contributed by atoms with E-state index < -0.39 is 6.04 Å². The number of anilines is 1. The molecule has 1 N–H and O–H groups in total. The molecule has 0 aliphatic carbocycles. The van der Waals surface area contributed by atoms with Gasteiger partial charge in [-0.3, -0.25) is 0 Å². The molecule has 0 amide bonds. The Morgan fingerprint density at radius 1 is 1.05 bits per heavy atom. The van der Waals surface area contributed by atoms with Crippen molar-refractivity contribution in [1.29, 1.82) is 5.26 Å². The molecule has 0 heterocycles. The highest BCUT2D eigenvalue weighted by molar-refractivity contribution is 5.49. The zero-order valence-corrected chi connectivity index (χ0v) is 10.9. The molecule has 0 aromatic heterocycles. The normalized spacial score (nSPS) is 11.7. The second kappa shape index (κ2) is 5.53. The first-order valence-electron chi connectivity index (χ1n) is 6.09. The first kappa shape index (κ1) is 13.1. The van der Waals surface area contributed by atoms with Crippen LogP contribution in [0.2, 0.25) is 0 Å². The van der Waals surface area contributed by atoms with Crippen LogP contribution in [0.3, 0.4) is 0 Å². The van der Waals surface area contributed by atoms with Crippen molar-refractivity contribution in [2.75, 3.05) is 5.32 Å². The highest BCUT2D eigenvalue weighted by Gasteiger charge is 2.15. The van der Waals surface area contributed by atoms with Gasteiger partial charge in [-0.25, -0.2) is 4.39 Å². The summed E-state index contributed by atoms with van der Waals surface area (Å²) in [6, 6.07) is 13.9. The quantitative estimate of drug-likeness (QED) is 0.894. The summed E-state index contributed by atoms with van der Waals surface area (Å²) in [4.78, 5) is 0. The van der Waals surface area contributed by atoms with Gasteiger partial charge in [0, 0.05) is 11.3 Å². The summed E-state index contributed by atoms with van der Waals surface area (Å²) < 4.78 is 13.8. The van der Waals surface area contributed by atoms with Gasteiger partial charge < -0.3 is 5.32 Å². The molecule has 1 unspecified atom stereocenters. The predicted molar refractivity (Wildman–Crippen MR) is 74.3 cm³/mol. The van der Waals surface area contributed by atoms with Crippen LogP contribution in [-0.4, -0.2) is 0 Å². The van der Waals surface area contributed by atoms with Crippen molar-refractivity contribution in [3.8, 4) is 6.07 Å². The molecule has 0 bridgehead atoms. The second-order valence-electron chi connectivity index (χ2n) is 4.60. The van der Waals surface area contributed by atoms with Gasteiger partial charge >= 0.3 is 0 Å². The minimum Gasteiger partial charge on any atom is -0.366 e. The van der Waals surface area contributed by atoms with Crippen LogP contribution in [0.15, 0.2) is 42.5 Å². The Morgan fingerprint density at radius 3 is 2.32 bits per heavy atom. The fourth-order valence-electron chi connectivity index (χ4n) is 1.88. The molecule has 1 atom stereocenters. The fraction of sp³-hybridized carbons (Fsp3) is 0.188. The zero-order chi connectivity index (χ0) is 13.8. The van der Waals surface area contributed by atoms with E-state index in [-0.39, 0.29) is 5.82 Å². The summed E-state index contributed by atoms with van der Waals surface area (Å²) in [5.74, 6) is -0.364.